The van der Waals surface area contributed by atoms with Gasteiger partial charge in [0.2, 0.25) is 0 Å². The van der Waals surface area contributed by atoms with Crippen molar-refractivity contribution < 1.29 is 0 Å². The zero-order valence-corrected chi connectivity index (χ0v) is 11.2. The Morgan fingerprint density at radius 2 is 1.95 bits per heavy atom. The molecule has 0 saturated carbocycles. The van der Waals surface area contributed by atoms with Crippen LogP contribution in [-0.4, -0.2) is 17.0 Å². The topological polar surface area (TPSA) is 63.8 Å². The van der Waals surface area contributed by atoms with E-state index in [1.165, 1.54) is 5.39 Å². The lowest BCUT2D eigenvalue weighted by molar-refractivity contribution is 0.676. The highest BCUT2D eigenvalue weighted by molar-refractivity contribution is 5.85. The number of nitrogens with two attached hydrogens (primary N) is 1. The standard InChI is InChI=1S/C16H16N4/c1-18-15(13-10-19-8-7-14(13)17)16-12-5-3-2-4-11(12)6-9-20-16/h2-10,15,18H,1H3,(H2,17,19). The number of fused-ring (bicyclic) bond motifs is 1. The minimum absolute atomic E-state index is 0.0743. The van der Waals surface area contributed by atoms with Gasteiger partial charge in [-0.2, -0.15) is 0 Å². The Morgan fingerprint density at radius 3 is 2.75 bits per heavy atom. The van der Waals surface area contributed by atoms with E-state index >= 15 is 0 Å². The largest absolute Gasteiger partial charge is 0.398 e. The molecule has 0 aliphatic heterocycles. The third kappa shape index (κ3) is 2.10. The summed E-state index contributed by atoms with van der Waals surface area (Å²) in [6.45, 7) is 0. The quantitative estimate of drug-likeness (QED) is 0.763. The molecule has 3 aromatic rings. The van der Waals surface area contributed by atoms with Crippen LogP contribution in [0.1, 0.15) is 17.3 Å². The van der Waals surface area contributed by atoms with E-state index in [0.717, 1.165) is 16.6 Å². The van der Waals surface area contributed by atoms with E-state index in [0.29, 0.717) is 5.69 Å². The van der Waals surface area contributed by atoms with Crippen LogP contribution in [0.3, 0.4) is 0 Å². The summed E-state index contributed by atoms with van der Waals surface area (Å²) in [5.74, 6) is 0. The van der Waals surface area contributed by atoms with Crippen molar-refractivity contribution in [1.29, 1.82) is 0 Å². The Kier molecular flexibility index (Phi) is 3.31. The summed E-state index contributed by atoms with van der Waals surface area (Å²) in [6, 6.07) is 12.0. The van der Waals surface area contributed by atoms with Crippen molar-refractivity contribution in [2.75, 3.05) is 12.8 Å². The molecule has 4 nitrogen and oxygen atoms in total. The Labute approximate surface area is 117 Å². The van der Waals surface area contributed by atoms with Crippen LogP contribution in [-0.2, 0) is 0 Å². The molecule has 0 aliphatic rings. The highest BCUT2D eigenvalue weighted by atomic mass is 14.9. The van der Waals surface area contributed by atoms with Crippen molar-refractivity contribution in [3.63, 3.8) is 0 Å². The summed E-state index contributed by atoms with van der Waals surface area (Å²) in [5, 5.41) is 5.57. The van der Waals surface area contributed by atoms with Gasteiger partial charge in [0, 0.05) is 35.2 Å². The molecule has 1 atom stereocenters. The van der Waals surface area contributed by atoms with Gasteiger partial charge in [-0.1, -0.05) is 24.3 Å². The number of hydrogen-bond acceptors (Lipinski definition) is 4. The molecule has 20 heavy (non-hydrogen) atoms. The van der Waals surface area contributed by atoms with Gasteiger partial charge >= 0.3 is 0 Å². The minimum atomic E-state index is -0.0743. The van der Waals surface area contributed by atoms with Gasteiger partial charge in [-0.25, -0.2) is 0 Å². The van der Waals surface area contributed by atoms with Gasteiger partial charge in [0.25, 0.3) is 0 Å². The molecule has 2 aromatic heterocycles. The monoisotopic (exact) mass is 264 g/mol. The molecule has 0 spiro atoms. The molecule has 100 valence electrons. The number of pyridine rings is 2. The summed E-state index contributed by atoms with van der Waals surface area (Å²) in [6.07, 6.45) is 5.32. The van der Waals surface area contributed by atoms with Gasteiger partial charge in [-0.3, -0.25) is 9.97 Å². The maximum absolute atomic E-state index is 6.07. The number of hydrogen-bond donors (Lipinski definition) is 2. The number of nitrogens with zero attached hydrogens (tertiary/aromatic N) is 2. The molecule has 0 radical (unpaired) electrons. The van der Waals surface area contributed by atoms with E-state index in [1.54, 1.807) is 12.4 Å². The lowest BCUT2D eigenvalue weighted by Crippen LogP contribution is -2.20. The Bertz CT molecular complexity index is 734. The van der Waals surface area contributed by atoms with Crippen molar-refractivity contribution in [3.05, 3.63) is 66.2 Å². The van der Waals surface area contributed by atoms with Gasteiger partial charge in [-0.15, -0.1) is 0 Å². The smallest absolute Gasteiger partial charge is 0.0790 e. The Morgan fingerprint density at radius 1 is 1.10 bits per heavy atom. The van der Waals surface area contributed by atoms with Crippen LogP contribution in [0.25, 0.3) is 10.8 Å². The number of anilines is 1. The SMILES string of the molecule is CNC(c1cnccc1N)c1nccc2ccccc12. The lowest BCUT2D eigenvalue weighted by atomic mass is 9.99. The Balaban J connectivity index is 2.20. The lowest BCUT2D eigenvalue weighted by Gasteiger charge is -2.19. The molecule has 0 amide bonds. The average molecular weight is 264 g/mol. The summed E-state index contributed by atoms with van der Waals surface area (Å²) < 4.78 is 0. The summed E-state index contributed by atoms with van der Waals surface area (Å²) in [7, 11) is 1.90. The van der Waals surface area contributed by atoms with Crippen LogP contribution in [0.15, 0.2) is 55.0 Å². The fourth-order valence-electron chi connectivity index (χ4n) is 2.47. The van der Waals surface area contributed by atoms with Crippen LogP contribution >= 0.6 is 0 Å². The Hall–Kier alpha value is -2.46. The van der Waals surface area contributed by atoms with Crippen molar-refractivity contribution in [1.82, 2.24) is 15.3 Å². The van der Waals surface area contributed by atoms with Crippen molar-refractivity contribution in [3.8, 4) is 0 Å². The predicted molar refractivity (Wildman–Crippen MR) is 81.3 cm³/mol. The third-order valence-electron chi connectivity index (χ3n) is 3.46. The fraction of sp³-hybridized carbons (Fsp3) is 0.125. The molecular weight excluding hydrogens is 248 g/mol. The van der Waals surface area contributed by atoms with Crippen molar-refractivity contribution >= 4 is 16.5 Å². The fourth-order valence-corrected chi connectivity index (χ4v) is 2.47. The number of rotatable bonds is 3. The average Bonchev–Trinajstić information content (AvgIpc) is 2.50. The third-order valence-corrected chi connectivity index (χ3v) is 3.46. The zero-order valence-electron chi connectivity index (χ0n) is 11.2. The first-order valence-electron chi connectivity index (χ1n) is 6.51. The summed E-state index contributed by atoms with van der Waals surface area (Å²) in [4.78, 5) is 8.72. The normalized spacial score (nSPS) is 12.4. The number of nitrogen functional groups attached to an aromatic ring is 1. The van der Waals surface area contributed by atoms with Crippen molar-refractivity contribution in [2.24, 2.45) is 0 Å². The first kappa shape index (κ1) is 12.6. The molecule has 0 aliphatic carbocycles. The van der Waals surface area contributed by atoms with E-state index in [2.05, 4.69) is 27.4 Å². The molecule has 2 heterocycles. The molecular formula is C16H16N4. The minimum Gasteiger partial charge on any atom is -0.398 e. The van der Waals surface area contributed by atoms with E-state index in [9.17, 15) is 0 Å². The molecule has 4 heteroatoms. The molecule has 0 bridgehead atoms. The van der Waals surface area contributed by atoms with Crippen LogP contribution in [0, 0.1) is 0 Å². The number of benzene rings is 1. The van der Waals surface area contributed by atoms with Gasteiger partial charge in [0.15, 0.2) is 0 Å². The van der Waals surface area contributed by atoms with Gasteiger partial charge in [0.1, 0.15) is 0 Å². The van der Waals surface area contributed by atoms with Crippen LogP contribution < -0.4 is 11.1 Å². The van der Waals surface area contributed by atoms with Crippen LogP contribution in [0.2, 0.25) is 0 Å². The van der Waals surface area contributed by atoms with Crippen LogP contribution in [0.5, 0.6) is 0 Å². The van der Waals surface area contributed by atoms with Crippen molar-refractivity contribution in [2.45, 2.75) is 6.04 Å². The second-order valence-electron chi connectivity index (χ2n) is 4.64. The van der Waals surface area contributed by atoms with E-state index in [-0.39, 0.29) is 6.04 Å². The molecule has 3 rings (SSSR count). The van der Waals surface area contributed by atoms with E-state index in [1.807, 2.05) is 37.5 Å². The summed E-state index contributed by atoms with van der Waals surface area (Å²) >= 11 is 0. The molecule has 1 aromatic carbocycles. The summed E-state index contributed by atoms with van der Waals surface area (Å²) in [5.41, 5.74) is 8.69. The first-order valence-corrected chi connectivity index (χ1v) is 6.51. The van der Waals surface area contributed by atoms with Crippen LogP contribution in [0.4, 0.5) is 5.69 Å². The van der Waals surface area contributed by atoms with E-state index < -0.39 is 0 Å². The highest BCUT2D eigenvalue weighted by Gasteiger charge is 2.18. The molecule has 0 fully saturated rings. The highest BCUT2D eigenvalue weighted by Crippen LogP contribution is 2.29. The molecule has 0 saturated heterocycles. The van der Waals surface area contributed by atoms with Gasteiger partial charge in [0.05, 0.1) is 11.7 Å². The maximum Gasteiger partial charge on any atom is 0.0790 e. The van der Waals surface area contributed by atoms with Gasteiger partial charge in [-0.05, 0) is 24.6 Å². The number of nitrogens with one attached hydrogen (secondary N) is 1. The predicted octanol–water partition coefficient (Wildman–Crippen LogP) is 2.52. The molecule has 1 unspecified atom stereocenters. The first-order chi connectivity index (χ1) is 9.81. The number of aromatic nitrogens is 2. The second kappa shape index (κ2) is 5.27. The van der Waals surface area contributed by atoms with E-state index in [4.69, 9.17) is 5.73 Å². The van der Waals surface area contributed by atoms with Gasteiger partial charge < -0.3 is 11.1 Å². The second-order valence-corrected chi connectivity index (χ2v) is 4.64. The maximum atomic E-state index is 6.07. The zero-order chi connectivity index (χ0) is 13.9. The molecule has 3 N–H and O–H groups in total.